The summed E-state index contributed by atoms with van der Waals surface area (Å²) in [5.41, 5.74) is 23.4. The Morgan fingerprint density at radius 1 is 0.297 bits per heavy atom. The largest absolute Gasteiger partial charge is 0.495 e. The number of carbonyl (C=O) groups is 1. The van der Waals surface area contributed by atoms with E-state index < -0.39 is 0 Å². The van der Waals surface area contributed by atoms with E-state index in [0.717, 1.165) is 59.9 Å². The minimum Gasteiger partial charge on any atom is -0.399 e. The van der Waals surface area contributed by atoms with Crippen molar-refractivity contribution >= 4 is 101 Å². The molecule has 0 bridgehead atoms. The van der Waals surface area contributed by atoms with Gasteiger partial charge >= 0.3 is 14.2 Å². The van der Waals surface area contributed by atoms with Gasteiger partial charge in [0.2, 0.25) is 0 Å². The fraction of sp³-hybridized carbons (Fsp3) is 0.430. The maximum Gasteiger partial charge on any atom is 0.495 e. The molecule has 2 saturated heterocycles. The Labute approximate surface area is 615 Å². The lowest BCUT2D eigenvalue weighted by Gasteiger charge is -2.32. The second-order valence-corrected chi connectivity index (χ2v) is 39.7. The van der Waals surface area contributed by atoms with Gasteiger partial charge in [-0.15, -0.1) is 0 Å². The summed E-state index contributed by atoms with van der Waals surface area (Å²) in [6, 6.07) is 54.1. The second-order valence-electron chi connectivity index (χ2n) is 38.9. The topological polar surface area (TPSA) is 54.0 Å². The van der Waals surface area contributed by atoms with Gasteiger partial charge in [0.25, 0.3) is 0 Å². The van der Waals surface area contributed by atoms with Crippen molar-refractivity contribution in [3.8, 4) is 22.3 Å². The summed E-state index contributed by atoms with van der Waals surface area (Å²) in [7, 11) is -0.696. The van der Waals surface area contributed by atoms with Gasteiger partial charge in [-0.05, 0) is 232 Å². The van der Waals surface area contributed by atoms with Gasteiger partial charge in [-0.1, -0.05) is 295 Å². The number of benzene rings is 9. The summed E-state index contributed by atoms with van der Waals surface area (Å²) >= 11 is 3.83. The van der Waals surface area contributed by atoms with E-state index in [4.69, 9.17) is 18.6 Å². The zero-order valence-corrected chi connectivity index (χ0v) is 68.0. The average molecular weight is 1410 g/mol. The zero-order chi connectivity index (χ0) is 74.2. The molecular weight excluding hydrogens is 1300 g/mol. The molecule has 526 valence electrons. The number of Topliss-reactive ketones (excluding diaryl/α,β-unsaturated/α-hetero) is 1. The number of rotatable bonds is 4. The summed E-state index contributed by atoms with van der Waals surface area (Å²) in [5.74, 6) is 0.127. The molecule has 0 amide bonds. The molecule has 0 atom stereocenters. The Morgan fingerprint density at radius 3 is 1.10 bits per heavy atom. The quantitative estimate of drug-likeness (QED) is 0.164. The lowest BCUT2D eigenvalue weighted by molar-refractivity contribution is -0.108. The van der Waals surface area contributed by atoms with E-state index in [9.17, 15) is 0 Å². The Hall–Kier alpha value is -6.64. The van der Waals surface area contributed by atoms with E-state index in [1.807, 2.05) is 0 Å². The number of hydrogen-bond donors (Lipinski definition) is 0. The fourth-order valence-corrected chi connectivity index (χ4v) is 15.2. The summed E-state index contributed by atoms with van der Waals surface area (Å²) in [6.07, 6.45) is 0. The van der Waals surface area contributed by atoms with Crippen LogP contribution in [0.1, 0.15) is 262 Å². The molecule has 0 spiro atoms. The van der Waals surface area contributed by atoms with Crippen molar-refractivity contribution < 1.29 is 23.4 Å². The smallest absolute Gasteiger partial charge is 0.399 e. The summed E-state index contributed by atoms with van der Waals surface area (Å²) in [5, 5.41) is 7.44. The predicted octanol–water partition coefficient (Wildman–Crippen LogP) is 24.0. The number of halogens is 1. The van der Waals surface area contributed by atoms with Crippen LogP contribution in [-0.4, -0.2) is 42.4 Å². The third-order valence-electron chi connectivity index (χ3n) is 22.9. The van der Waals surface area contributed by atoms with Gasteiger partial charge < -0.3 is 18.6 Å². The molecular formula is C93H111B2BrO5. The summed E-state index contributed by atoms with van der Waals surface area (Å²) in [6.45, 7) is 64.4. The normalized spacial score (nSPS) is 17.7. The molecule has 9 aromatic rings. The van der Waals surface area contributed by atoms with Crippen LogP contribution < -0.4 is 10.9 Å². The van der Waals surface area contributed by atoms with Gasteiger partial charge in [-0.25, -0.2) is 0 Å². The Kier molecular flexibility index (Phi) is 18.0. The van der Waals surface area contributed by atoms with E-state index >= 15 is 4.79 Å². The lowest BCUT2D eigenvalue weighted by Crippen LogP contribution is -2.41. The van der Waals surface area contributed by atoms with Crippen molar-refractivity contribution in [2.45, 2.75) is 261 Å². The van der Waals surface area contributed by atoms with Crippen LogP contribution in [0, 0.1) is 0 Å². The SMILES string of the molecule is CC(C)(C)c1cc(C2=C3C(=C(c4cc(C(C)(C)C)cc(C(C)(C)C)c4)C2=O)c2ccc(Br)c4cccc3c24)cc(C(C)(C)C)c1.CC(C)(C)c1ccc2c(B3OC(C)(C)C(C)(C)O3)cc(C(C)(C)C)cc2c1.CC(C)(C)c1ccc2c(c1)-c1ccc(B3OC(C)(C)C(C)(C)O3)c3cccc-2c13. The van der Waals surface area contributed by atoms with Crippen molar-refractivity contribution in [3.05, 3.63) is 211 Å². The van der Waals surface area contributed by atoms with E-state index in [1.165, 1.54) is 93.5 Å². The van der Waals surface area contributed by atoms with Crippen LogP contribution in [0.25, 0.3) is 76.9 Å². The molecule has 101 heavy (non-hydrogen) atoms. The first-order chi connectivity index (χ1) is 46.3. The first kappa shape index (κ1) is 74.1. The second kappa shape index (κ2) is 24.5. The molecule has 3 aliphatic carbocycles. The van der Waals surface area contributed by atoms with Crippen molar-refractivity contribution in [1.29, 1.82) is 0 Å². The van der Waals surface area contributed by atoms with Crippen LogP contribution in [0.15, 0.2) is 150 Å². The third-order valence-corrected chi connectivity index (χ3v) is 23.6. The lowest BCUT2D eigenvalue weighted by atomic mass is 9.72. The number of hydrogen-bond acceptors (Lipinski definition) is 5. The van der Waals surface area contributed by atoms with Gasteiger partial charge in [0.05, 0.1) is 22.4 Å². The molecule has 2 aliphatic heterocycles. The van der Waals surface area contributed by atoms with Crippen LogP contribution in [-0.2, 0) is 61.3 Å². The van der Waals surface area contributed by atoms with Crippen LogP contribution in [0.4, 0.5) is 0 Å². The minimum atomic E-state index is -0.349. The first-order valence-corrected chi connectivity index (χ1v) is 37.7. The molecule has 8 heteroatoms. The van der Waals surface area contributed by atoms with Crippen LogP contribution in [0.2, 0.25) is 0 Å². The number of carbonyl (C=O) groups excluding carboxylic acids is 1. The highest BCUT2D eigenvalue weighted by molar-refractivity contribution is 9.10. The van der Waals surface area contributed by atoms with E-state index in [2.05, 4.69) is 362 Å². The molecule has 2 heterocycles. The highest BCUT2D eigenvalue weighted by Gasteiger charge is 2.54. The maximum absolute atomic E-state index is 15.2. The molecule has 0 N–H and O–H groups in total. The summed E-state index contributed by atoms with van der Waals surface area (Å²) < 4.78 is 26.6. The van der Waals surface area contributed by atoms with Crippen LogP contribution >= 0.6 is 15.9 Å². The van der Waals surface area contributed by atoms with Gasteiger partial charge in [0.1, 0.15) is 0 Å². The third kappa shape index (κ3) is 13.4. The first-order valence-electron chi connectivity index (χ1n) is 36.9. The molecule has 14 rings (SSSR count). The van der Waals surface area contributed by atoms with Crippen LogP contribution in [0.5, 0.6) is 0 Å². The van der Waals surface area contributed by atoms with Crippen molar-refractivity contribution in [1.82, 2.24) is 0 Å². The van der Waals surface area contributed by atoms with Gasteiger partial charge in [0.15, 0.2) is 5.78 Å². The fourth-order valence-electron chi connectivity index (χ4n) is 14.7. The standard InChI is InChI=1S/C43H47BrO.C26H29BO2.C24H35BO2/c1-40(2,3)26-18-24(19-27(22-26)41(4,5)6)34-37-31-15-13-14-30-33(44)17-16-32(36(30)31)38(37)35(39(34)45)25-20-28(42(7,8)9)23-29(21-25)43(10,11)12;1-24(2,3)16-11-12-17-18-9-8-10-20-22(14-13-19(23(18)20)21(17)15-16)27-28-25(4,5)26(6,7)29-27;1-21(2,3)17-11-12-19-16(13-17)14-18(22(4,5)6)15-20(19)25-26-23(7,8)24(9,10)27-25/h13-23H,1-12H3;8-15H,1-7H3;11-15H,1-10H3. The number of allylic oxidation sites excluding steroid dienone is 4. The van der Waals surface area contributed by atoms with Crippen molar-refractivity contribution in [3.63, 3.8) is 0 Å². The predicted molar refractivity (Wildman–Crippen MR) is 438 cm³/mol. The monoisotopic (exact) mass is 1410 g/mol. The van der Waals surface area contributed by atoms with Gasteiger partial charge in [-0.3, -0.25) is 4.79 Å². The van der Waals surface area contributed by atoms with Crippen molar-refractivity contribution in [2.24, 2.45) is 0 Å². The van der Waals surface area contributed by atoms with Crippen molar-refractivity contribution in [2.75, 3.05) is 0 Å². The molecule has 2 fully saturated rings. The minimum absolute atomic E-state index is 0.0598. The molecule has 9 aromatic carbocycles. The zero-order valence-electron chi connectivity index (χ0n) is 66.4. The van der Waals surface area contributed by atoms with Gasteiger partial charge in [0, 0.05) is 26.8 Å². The molecule has 5 aliphatic rings. The highest BCUT2D eigenvalue weighted by Crippen LogP contribution is 2.59. The van der Waals surface area contributed by atoms with Gasteiger partial charge in [-0.2, -0.15) is 0 Å². The molecule has 0 radical (unpaired) electrons. The molecule has 5 nitrogen and oxygen atoms in total. The Morgan fingerprint density at radius 2 is 0.644 bits per heavy atom. The number of ketones is 1. The number of fused-ring (bicyclic) bond motifs is 7. The van der Waals surface area contributed by atoms with E-state index in [0.29, 0.717) is 0 Å². The molecule has 0 aromatic heterocycles. The average Bonchev–Trinajstić information content (AvgIpc) is 1.54. The Balaban J connectivity index is 0.000000150. The Bertz CT molecular complexity index is 4750. The molecule has 0 saturated carbocycles. The molecule has 0 unspecified atom stereocenters. The highest BCUT2D eigenvalue weighted by atomic mass is 79.9. The van der Waals surface area contributed by atoms with Crippen LogP contribution in [0.3, 0.4) is 0 Å². The van der Waals surface area contributed by atoms with E-state index in [-0.39, 0.29) is 80.3 Å². The van der Waals surface area contributed by atoms with E-state index in [1.54, 1.807) is 0 Å². The summed E-state index contributed by atoms with van der Waals surface area (Å²) in [4.78, 5) is 15.2. The maximum atomic E-state index is 15.2.